The van der Waals surface area contributed by atoms with Crippen LogP contribution in [-0.4, -0.2) is 50.3 Å². The summed E-state index contributed by atoms with van der Waals surface area (Å²) in [5.41, 5.74) is 0. The summed E-state index contributed by atoms with van der Waals surface area (Å²) >= 11 is 0. The molecule has 1 fully saturated rings. The molecule has 0 aromatic carbocycles. The molecule has 0 aromatic heterocycles. The zero-order valence-electron chi connectivity index (χ0n) is 11.7. The summed E-state index contributed by atoms with van der Waals surface area (Å²) in [5.74, 6) is 0. The van der Waals surface area contributed by atoms with Crippen molar-refractivity contribution in [3.8, 4) is 0 Å². The molecule has 0 heterocycles. The first-order chi connectivity index (χ1) is 8.38. The molecule has 1 aliphatic rings. The molecule has 1 N–H and O–H groups in total. The van der Waals surface area contributed by atoms with E-state index in [4.69, 9.17) is 4.74 Å². The maximum Gasteiger partial charge on any atom is 0.0590 e. The normalized spacial score (nSPS) is 15.7. The Hall–Kier alpha value is -0.120. The van der Waals surface area contributed by atoms with Gasteiger partial charge >= 0.3 is 0 Å². The van der Waals surface area contributed by atoms with Gasteiger partial charge in [-0.2, -0.15) is 0 Å². The molecule has 0 aromatic rings. The van der Waals surface area contributed by atoms with Crippen molar-refractivity contribution >= 4 is 0 Å². The number of rotatable bonds is 12. The van der Waals surface area contributed by atoms with Crippen LogP contribution >= 0.6 is 0 Å². The Balaban J connectivity index is 1.85. The lowest BCUT2D eigenvalue weighted by atomic mass is 10.4. The van der Waals surface area contributed by atoms with Crippen LogP contribution < -0.4 is 5.32 Å². The summed E-state index contributed by atoms with van der Waals surface area (Å²) in [6.07, 6.45) is 6.52. The Labute approximate surface area is 107 Å². The Bertz CT molecular complexity index is 172. The van der Waals surface area contributed by atoms with E-state index in [0.29, 0.717) is 0 Å². The molecule has 1 aliphatic carbocycles. The molecule has 102 valence electrons. The molecule has 0 bridgehead atoms. The van der Waals surface area contributed by atoms with Crippen LogP contribution in [0, 0.1) is 0 Å². The van der Waals surface area contributed by atoms with Gasteiger partial charge in [-0.3, -0.25) is 4.90 Å². The first-order valence-corrected chi connectivity index (χ1v) is 7.41. The van der Waals surface area contributed by atoms with Crippen LogP contribution in [0.25, 0.3) is 0 Å². The lowest BCUT2D eigenvalue weighted by Crippen LogP contribution is -2.35. The molecule has 0 amide bonds. The van der Waals surface area contributed by atoms with Crippen LogP contribution in [0.1, 0.15) is 46.0 Å². The quantitative estimate of drug-likeness (QED) is 0.531. The average molecular weight is 242 g/mol. The summed E-state index contributed by atoms with van der Waals surface area (Å²) < 4.78 is 5.51. The SMILES string of the molecule is CCCCOCCNCCN(CCC)C1CC1. The highest BCUT2D eigenvalue weighted by Gasteiger charge is 2.27. The van der Waals surface area contributed by atoms with E-state index < -0.39 is 0 Å². The average Bonchev–Trinajstić information content (AvgIpc) is 3.15. The van der Waals surface area contributed by atoms with Crippen molar-refractivity contribution in [2.75, 3.05) is 39.4 Å². The topological polar surface area (TPSA) is 24.5 Å². The minimum Gasteiger partial charge on any atom is -0.380 e. The van der Waals surface area contributed by atoms with Crippen molar-refractivity contribution in [3.63, 3.8) is 0 Å². The van der Waals surface area contributed by atoms with Crippen molar-refractivity contribution in [2.24, 2.45) is 0 Å². The number of unbranched alkanes of at least 4 members (excludes halogenated alkanes) is 1. The van der Waals surface area contributed by atoms with E-state index in [1.54, 1.807) is 0 Å². The van der Waals surface area contributed by atoms with E-state index in [2.05, 4.69) is 24.1 Å². The Kier molecular flexibility index (Phi) is 8.67. The zero-order chi connectivity index (χ0) is 12.3. The molecule has 0 unspecified atom stereocenters. The molecule has 0 spiro atoms. The van der Waals surface area contributed by atoms with Gasteiger partial charge < -0.3 is 10.1 Å². The van der Waals surface area contributed by atoms with E-state index in [1.165, 1.54) is 45.2 Å². The first kappa shape index (κ1) is 14.9. The monoisotopic (exact) mass is 242 g/mol. The maximum atomic E-state index is 5.51. The van der Waals surface area contributed by atoms with Gasteiger partial charge in [-0.25, -0.2) is 0 Å². The molecule has 0 radical (unpaired) electrons. The highest BCUT2D eigenvalue weighted by atomic mass is 16.5. The highest BCUT2D eigenvalue weighted by Crippen LogP contribution is 2.26. The molecule has 0 aliphatic heterocycles. The molecular weight excluding hydrogens is 212 g/mol. The van der Waals surface area contributed by atoms with Crippen molar-refractivity contribution in [2.45, 2.75) is 52.0 Å². The number of hydrogen-bond donors (Lipinski definition) is 1. The van der Waals surface area contributed by atoms with Gasteiger partial charge in [0.05, 0.1) is 6.61 Å². The first-order valence-electron chi connectivity index (χ1n) is 7.41. The van der Waals surface area contributed by atoms with Gasteiger partial charge in [-0.05, 0) is 32.2 Å². The van der Waals surface area contributed by atoms with Crippen LogP contribution in [-0.2, 0) is 4.74 Å². The largest absolute Gasteiger partial charge is 0.380 e. The van der Waals surface area contributed by atoms with Gasteiger partial charge in [-0.1, -0.05) is 20.3 Å². The van der Waals surface area contributed by atoms with E-state index in [-0.39, 0.29) is 0 Å². The fourth-order valence-electron chi connectivity index (χ4n) is 2.04. The van der Waals surface area contributed by atoms with Gasteiger partial charge in [0.1, 0.15) is 0 Å². The van der Waals surface area contributed by atoms with Crippen LogP contribution in [0.15, 0.2) is 0 Å². The minimum absolute atomic E-state index is 0.858. The molecule has 3 nitrogen and oxygen atoms in total. The molecule has 17 heavy (non-hydrogen) atoms. The standard InChI is InChI=1S/C14H30N2O/c1-3-5-12-17-13-9-15-8-11-16(10-4-2)14-6-7-14/h14-15H,3-13H2,1-2H3. The fourth-order valence-corrected chi connectivity index (χ4v) is 2.04. The van der Waals surface area contributed by atoms with Gasteiger partial charge in [0.15, 0.2) is 0 Å². The van der Waals surface area contributed by atoms with Crippen molar-refractivity contribution in [3.05, 3.63) is 0 Å². The van der Waals surface area contributed by atoms with Crippen LogP contribution in [0.4, 0.5) is 0 Å². The van der Waals surface area contributed by atoms with Crippen molar-refractivity contribution in [1.29, 1.82) is 0 Å². The summed E-state index contributed by atoms with van der Waals surface area (Å²) in [5, 5.41) is 3.47. The van der Waals surface area contributed by atoms with E-state index in [1.807, 2.05) is 0 Å². The fraction of sp³-hybridized carbons (Fsp3) is 1.00. The lowest BCUT2D eigenvalue weighted by molar-refractivity contribution is 0.132. The second kappa shape index (κ2) is 9.86. The third-order valence-corrected chi connectivity index (χ3v) is 3.22. The second-order valence-corrected chi connectivity index (χ2v) is 4.98. The lowest BCUT2D eigenvalue weighted by Gasteiger charge is -2.21. The molecular formula is C14H30N2O. The minimum atomic E-state index is 0.858. The molecule has 1 rings (SSSR count). The smallest absolute Gasteiger partial charge is 0.0590 e. The van der Waals surface area contributed by atoms with E-state index in [0.717, 1.165) is 32.3 Å². The predicted molar refractivity (Wildman–Crippen MR) is 73.5 cm³/mol. The molecule has 0 atom stereocenters. The zero-order valence-corrected chi connectivity index (χ0v) is 11.7. The van der Waals surface area contributed by atoms with Gasteiger partial charge in [0, 0.05) is 32.3 Å². The Morgan fingerprint density at radius 3 is 2.53 bits per heavy atom. The van der Waals surface area contributed by atoms with Crippen molar-refractivity contribution < 1.29 is 4.74 Å². The summed E-state index contributed by atoms with van der Waals surface area (Å²) in [6.45, 7) is 10.8. The highest BCUT2D eigenvalue weighted by molar-refractivity contribution is 4.84. The number of nitrogens with one attached hydrogen (secondary N) is 1. The Morgan fingerprint density at radius 2 is 1.88 bits per heavy atom. The van der Waals surface area contributed by atoms with Crippen molar-refractivity contribution in [1.82, 2.24) is 10.2 Å². The summed E-state index contributed by atoms with van der Waals surface area (Å²) in [7, 11) is 0. The van der Waals surface area contributed by atoms with Gasteiger partial charge in [0.2, 0.25) is 0 Å². The van der Waals surface area contributed by atoms with E-state index >= 15 is 0 Å². The number of ether oxygens (including phenoxy) is 1. The third-order valence-electron chi connectivity index (χ3n) is 3.22. The molecule has 0 saturated heterocycles. The van der Waals surface area contributed by atoms with Gasteiger partial charge in [0.25, 0.3) is 0 Å². The third kappa shape index (κ3) is 7.74. The maximum absolute atomic E-state index is 5.51. The predicted octanol–water partition coefficient (Wildman–Crippen LogP) is 2.27. The molecule has 3 heteroatoms. The van der Waals surface area contributed by atoms with E-state index in [9.17, 15) is 0 Å². The Morgan fingerprint density at radius 1 is 1.06 bits per heavy atom. The van der Waals surface area contributed by atoms with Gasteiger partial charge in [-0.15, -0.1) is 0 Å². The second-order valence-electron chi connectivity index (χ2n) is 4.98. The number of hydrogen-bond acceptors (Lipinski definition) is 3. The van der Waals surface area contributed by atoms with Crippen LogP contribution in [0.2, 0.25) is 0 Å². The molecule has 1 saturated carbocycles. The van der Waals surface area contributed by atoms with Crippen LogP contribution in [0.5, 0.6) is 0 Å². The number of nitrogens with zero attached hydrogens (tertiary/aromatic N) is 1. The summed E-state index contributed by atoms with van der Waals surface area (Å²) in [6, 6.07) is 0.901. The van der Waals surface area contributed by atoms with Crippen LogP contribution in [0.3, 0.4) is 0 Å². The summed E-state index contributed by atoms with van der Waals surface area (Å²) in [4.78, 5) is 2.63.